The molecule has 0 bridgehead atoms. The van der Waals surface area contributed by atoms with E-state index >= 15 is 0 Å². The van der Waals surface area contributed by atoms with Gasteiger partial charge in [0.2, 0.25) is 26.0 Å². The first kappa shape index (κ1) is 30.0. The van der Waals surface area contributed by atoms with Crippen LogP contribution in [0.25, 0.3) is 0 Å². The molecule has 0 aromatic heterocycles. The summed E-state index contributed by atoms with van der Waals surface area (Å²) >= 11 is 6.04. The monoisotopic (exact) mass is 607 g/mol. The molecule has 1 aliphatic heterocycles. The van der Waals surface area contributed by atoms with E-state index in [1.165, 1.54) is 41.7 Å². The van der Waals surface area contributed by atoms with Crippen molar-refractivity contribution in [3.63, 3.8) is 0 Å². The highest BCUT2D eigenvalue weighted by atomic mass is 35.5. The maximum absolute atomic E-state index is 13.3. The third-order valence-corrected chi connectivity index (χ3v) is 9.95. The number of ether oxygens (including phenoxy) is 2. The van der Waals surface area contributed by atoms with E-state index < -0.39 is 32.0 Å². The van der Waals surface area contributed by atoms with Gasteiger partial charge in [-0.2, -0.15) is 9.03 Å². The van der Waals surface area contributed by atoms with Gasteiger partial charge in [0.15, 0.2) is 0 Å². The van der Waals surface area contributed by atoms with Gasteiger partial charge in [-0.1, -0.05) is 54.1 Å². The Kier molecular flexibility index (Phi) is 9.82. The van der Waals surface area contributed by atoms with Crippen molar-refractivity contribution in [3.8, 4) is 5.75 Å². The molecule has 0 saturated carbocycles. The molecule has 3 aromatic carbocycles. The van der Waals surface area contributed by atoms with Crippen LogP contribution in [0.1, 0.15) is 11.1 Å². The molecule has 40 heavy (non-hydrogen) atoms. The minimum atomic E-state index is -4.21. The quantitative estimate of drug-likeness (QED) is 0.342. The second-order valence-corrected chi connectivity index (χ2v) is 13.1. The predicted molar refractivity (Wildman–Crippen MR) is 150 cm³/mol. The summed E-state index contributed by atoms with van der Waals surface area (Å²) < 4.78 is 66.6. The van der Waals surface area contributed by atoms with E-state index in [9.17, 15) is 21.6 Å². The van der Waals surface area contributed by atoms with Crippen molar-refractivity contribution in [3.05, 3.63) is 88.9 Å². The first-order valence-corrected chi connectivity index (χ1v) is 15.7. The fraction of sp³-hybridized carbons (Fsp3) is 0.296. The smallest absolute Gasteiger partial charge is 0.245 e. The van der Waals surface area contributed by atoms with Crippen LogP contribution >= 0.6 is 11.6 Å². The summed E-state index contributed by atoms with van der Waals surface area (Å²) in [5.41, 5.74) is 1.40. The van der Waals surface area contributed by atoms with Crippen molar-refractivity contribution in [1.82, 2.24) is 14.3 Å². The Balaban J connectivity index is 1.49. The lowest BCUT2D eigenvalue weighted by Gasteiger charge is -2.26. The van der Waals surface area contributed by atoms with Gasteiger partial charge in [0.05, 0.1) is 25.2 Å². The molecule has 214 valence electrons. The zero-order valence-electron chi connectivity index (χ0n) is 21.7. The summed E-state index contributed by atoms with van der Waals surface area (Å²) in [6.07, 6.45) is 0.0888. The number of carbonyl (C=O) groups excluding carboxylic acids is 1. The zero-order chi connectivity index (χ0) is 28.8. The van der Waals surface area contributed by atoms with Gasteiger partial charge in [-0.15, -0.1) is 0 Å². The SMILES string of the molecule is COc1ccc(Cl)cc1S(=O)(=O)NC(Cc1ccccc1)C(=O)NCc1ccc(S(=O)(=O)N2CCOCC2)cc1. The minimum Gasteiger partial charge on any atom is -0.495 e. The molecule has 1 unspecified atom stereocenters. The number of hydrogen-bond acceptors (Lipinski definition) is 7. The molecule has 0 radical (unpaired) electrons. The van der Waals surface area contributed by atoms with Gasteiger partial charge >= 0.3 is 0 Å². The van der Waals surface area contributed by atoms with Gasteiger partial charge in [-0.3, -0.25) is 4.79 Å². The van der Waals surface area contributed by atoms with Crippen molar-refractivity contribution >= 4 is 37.6 Å². The Morgan fingerprint density at radius 1 is 0.975 bits per heavy atom. The lowest BCUT2D eigenvalue weighted by Crippen LogP contribution is -2.47. The molecular formula is C27H30ClN3O7S2. The number of nitrogens with zero attached hydrogens (tertiary/aromatic N) is 1. The lowest BCUT2D eigenvalue weighted by molar-refractivity contribution is -0.122. The summed E-state index contributed by atoms with van der Waals surface area (Å²) in [6, 6.07) is 18.2. The molecule has 10 nitrogen and oxygen atoms in total. The number of benzene rings is 3. The normalized spacial score (nSPS) is 15.3. The maximum Gasteiger partial charge on any atom is 0.245 e. The number of hydrogen-bond donors (Lipinski definition) is 2. The average Bonchev–Trinajstić information content (AvgIpc) is 2.96. The molecule has 3 aromatic rings. The second kappa shape index (κ2) is 13.1. The van der Waals surface area contributed by atoms with Crippen molar-refractivity contribution < 1.29 is 31.1 Å². The fourth-order valence-electron chi connectivity index (χ4n) is 4.18. The van der Waals surface area contributed by atoms with E-state index in [0.717, 1.165) is 5.56 Å². The van der Waals surface area contributed by atoms with Gasteiger partial charge < -0.3 is 14.8 Å². The van der Waals surface area contributed by atoms with Gasteiger partial charge in [0.1, 0.15) is 16.7 Å². The van der Waals surface area contributed by atoms with Gasteiger partial charge in [-0.25, -0.2) is 16.8 Å². The van der Waals surface area contributed by atoms with Crippen LogP contribution in [0.15, 0.2) is 82.6 Å². The summed E-state index contributed by atoms with van der Waals surface area (Å²) in [5.74, 6) is -0.471. The van der Waals surface area contributed by atoms with Crippen LogP contribution in [0, 0.1) is 0 Å². The van der Waals surface area contributed by atoms with Crippen molar-refractivity contribution in [2.45, 2.75) is 28.8 Å². The third kappa shape index (κ3) is 7.39. The average molecular weight is 608 g/mol. The molecule has 1 heterocycles. The molecule has 1 atom stereocenters. The van der Waals surface area contributed by atoms with Crippen LogP contribution in [-0.2, 0) is 42.5 Å². The van der Waals surface area contributed by atoms with Crippen LogP contribution in [0.5, 0.6) is 5.75 Å². The summed E-state index contributed by atoms with van der Waals surface area (Å²) in [4.78, 5) is 13.2. The molecular weight excluding hydrogens is 578 g/mol. The number of halogens is 1. The van der Waals surface area contributed by atoms with Gasteiger partial charge in [0.25, 0.3) is 0 Å². The van der Waals surface area contributed by atoms with Crippen molar-refractivity contribution in [2.24, 2.45) is 0 Å². The summed E-state index contributed by atoms with van der Waals surface area (Å²) in [6.45, 7) is 1.34. The summed E-state index contributed by atoms with van der Waals surface area (Å²) in [7, 11) is -6.51. The van der Waals surface area contributed by atoms with Crippen LogP contribution in [0.4, 0.5) is 0 Å². The first-order valence-electron chi connectivity index (χ1n) is 12.4. The number of carbonyl (C=O) groups is 1. The van der Waals surface area contributed by atoms with E-state index in [0.29, 0.717) is 31.9 Å². The molecule has 13 heteroatoms. The molecule has 4 rings (SSSR count). The number of methoxy groups -OCH3 is 1. The first-order chi connectivity index (χ1) is 19.1. The molecule has 2 N–H and O–H groups in total. The van der Waals surface area contributed by atoms with E-state index in [4.69, 9.17) is 21.1 Å². The van der Waals surface area contributed by atoms with E-state index in [1.807, 2.05) is 6.07 Å². The van der Waals surface area contributed by atoms with Crippen LogP contribution < -0.4 is 14.8 Å². The molecule has 1 saturated heterocycles. The second-order valence-electron chi connectivity index (χ2n) is 9.04. The van der Waals surface area contributed by atoms with Crippen LogP contribution in [-0.4, -0.2) is 66.5 Å². The highest BCUT2D eigenvalue weighted by Crippen LogP contribution is 2.27. The number of morpholine rings is 1. The maximum atomic E-state index is 13.3. The van der Waals surface area contributed by atoms with E-state index in [2.05, 4.69) is 10.0 Å². The Labute approximate surface area is 239 Å². The highest BCUT2D eigenvalue weighted by molar-refractivity contribution is 7.89. The van der Waals surface area contributed by atoms with Crippen LogP contribution in [0.3, 0.4) is 0 Å². The van der Waals surface area contributed by atoms with Crippen LogP contribution in [0.2, 0.25) is 5.02 Å². The molecule has 0 spiro atoms. The third-order valence-electron chi connectivity index (χ3n) is 6.31. The largest absolute Gasteiger partial charge is 0.495 e. The van der Waals surface area contributed by atoms with E-state index in [-0.39, 0.29) is 33.5 Å². The highest BCUT2D eigenvalue weighted by Gasteiger charge is 2.29. The Hall–Kier alpha value is -3.00. The molecule has 1 fully saturated rings. The van der Waals surface area contributed by atoms with E-state index in [1.54, 1.807) is 36.4 Å². The van der Waals surface area contributed by atoms with Crippen molar-refractivity contribution in [1.29, 1.82) is 0 Å². The number of amides is 1. The number of nitrogens with one attached hydrogen (secondary N) is 2. The molecule has 1 amide bonds. The number of rotatable bonds is 11. The van der Waals surface area contributed by atoms with Gasteiger partial charge in [0, 0.05) is 24.7 Å². The van der Waals surface area contributed by atoms with Crippen molar-refractivity contribution in [2.75, 3.05) is 33.4 Å². The Morgan fingerprint density at radius 3 is 2.30 bits per heavy atom. The molecule has 1 aliphatic rings. The standard InChI is InChI=1S/C27H30ClN3O7S2/c1-37-25-12-9-22(28)18-26(25)39(33,34)30-24(17-20-5-3-2-4-6-20)27(32)29-19-21-7-10-23(11-8-21)40(35,36)31-13-15-38-16-14-31/h2-12,18,24,30H,13-17,19H2,1H3,(H,29,32). The fourth-order valence-corrected chi connectivity index (χ4v) is 7.21. The summed E-state index contributed by atoms with van der Waals surface area (Å²) in [5, 5.41) is 2.95. The predicted octanol–water partition coefficient (Wildman–Crippen LogP) is 2.58. The zero-order valence-corrected chi connectivity index (χ0v) is 24.1. The Bertz CT molecular complexity index is 1530. The Morgan fingerprint density at radius 2 is 1.65 bits per heavy atom. The lowest BCUT2D eigenvalue weighted by atomic mass is 10.1. The minimum absolute atomic E-state index is 0.0597. The molecule has 0 aliphatic carbocycles. The topological polar surface area (TPSA) is 131 Å². The number of sulfonamides is 2. The van der Waals surface area contributed by atoms with Gasteiger partial charge in [-0.05, 0) is 47.9 Å².